The fourth-order valence-corrected chi connectivity index (χ4v) is 2.81. The Balaban J connectivity index is 0.00000200. The zero-order chi connectivity index (χ0) is 13.7. The van der Waals surface area contributed by atoms with Gasteiger partial charge in [-0.1, -0.05) is 37.3 Å². The Morgan fingerprint density at radius 1 is 1.35 bits per heavy atom. The topological polar surface area (TPSA) is 46.3 Å². The molecule has 1 unspecified atom stereocenters. The van der Waals surface area contributed by atoms with Crippen LogP contribution in [0, 0.1) is 5.41 Å². The summed E-state index contributed by atoms with van der Waals surface area (Å²) in [7, 11) is 0. The second-order valence-electron chi connectivity index (χ2n) is 5.90. The minimum atomic E-state index is 0. The van der Waals surface area contributed by atoms with E-state index in [-0.39, 0.29) is 23.7 Å². The Hall–Kier alpha value is -1.06. The van der Waals surface area contributed by atoms with Gasteiger partial charge in [0, 0.05) is 26.1 Å². The van der Waals surface area contributed by atoms with Gasteiger partial charge in [0.15, 0.2) is 0 Å². The predicted octanol–water partition coefficient (Wildman–Crippen LogP) is 2.63. The van der Waals surface area contributed by atoms with Crippen LogP contribution >= 0.6 is 12.4 Å². The number of aryl methyl sites for hydroxylation is 1. The van der Waals surface area contributed by atoms with Gasteiger partial charge >= 0.3 is 0 Å². The molecule has 0 saturated carbocycles. The van der Waals surface area contributed by atoms with Crippen LogP contribution in [-0.4, -0.2) is 30.4 Å². The Morgan fingerprint density at radius 2 is 2.05 bits per heavy atom. The summed E-state index contributed by atoms with van der Waals surface area (Å²) in [4.78, 5) is 13.8. The second-order valence-corrected chi connectivity index (χ2v) is 5.90. The number of hydrogen-bond donors (Lipinski definition) is 1. The number of benzene rings is 1. The lowest BCUT2D eigenvalue weighted by Crippen LogP contribution is -2.32. The highest BCUT2D eigenvalue weighted by molar-refractivity contribution is 5.85. The van der Waals surface area contributed by atoms with Crippen LogP contribution in [0.3, 0.4) is 0 Å². The number of nitrogens with two attached hydrogens (primary N) is 1. The molecule has 1 aliphatic rings. The van der Waals surface area contributed by atoms with Crippen molar-refractivity contribution >= 4 is 18.3 Å². The van der Waals surface area contributed by atoms with Crippen LogP contribution in [0.4, 0.5) is 0 Å². The van der Waals surface area contributed by atoms with Crippen LogP contribution in [0.25, 0.3) is 0 Å². The van der Waals surface area contributed by atoms with E-state index >= 15 is 0 Å². The minimum absolute atomic E-state index is 0. The van der Waals surface area contributed by atoms with E-state index in [1.54, 1.807) is 0 Å². The quantitative estimate of drug-likeness (QED) is 0.908. The van der Waals surface area contributed by atoms with E-state index in [0.717, 1.165) is 32.4 Å². The van der Waals surface area contributed by atoms with E-state index in [9.17, 15) is 4.79 Å². The average molecular weight is 297 g/mol. The Morgan fingerprint density at radius 3 is 2.70 bits per heavy atom. The normalized spacial score (nSPS) is 21.6. The van der Waals surface area contributed by atoms with Crippen LogP contribution in [0.5, 0.6) is 0 Å². The van der Waals surface area contributed by atoms with Crippen molar-refractivity contribution in [2.45, 2.75) is 32.6 Å². The summed E-state index contributed by atoms with van der Waals surface area (Å²) in [5.41, 5.74) is 7.10. The summed E-state index contributed by atoms with van der Waals surface area (Å²) in [5, 5.41) is 0. The third-order valence-electron chi connectivity index (χ3n) is 4.13. The van der Waals surface area contributed by atoms with E-state index in [2.05, 4.69) is 31.2 Å². The lowest BCUT2D eigenvalue weighted by Gasteiger charge is -2.24. The maximum atomic E-state index is 11.9. The van der Waals surface area contributed by atoms with Gasteiger partial charge in [-0.05, 0) is 30.2 Å². The molecule has 1 aromatic rings. The Bertz CT molecular complexity index is 424. The summed E-state index contributed by atoms with van der Waals surface area (Å²) in [6.45, 7) is 4.53. The lowest BCUT2D eigenvalue weighted by atomic mass is 9.83. The maximum absolute atomic E-state index is 11.9. The van der Waals surface area contributed by atoms with Gasteiger partial charge in [-0.25, -0.2) is 0 Å². The summed E-state index contributed by atoms with van der Waals surface area (Å²) >= 11 is 0. The van der Waals surface area contributed by atoms with E-state index in [4.69, 9.17) is 5.73 Å². The molecule has 0 aromatic heterocycles. The molecule has 20 heavy (non-hydrogen) atoms. The number of carbonyl (C=O) groups excluding carboxylic acids is 1. The highest BCUT2D eigenvalue weighted by Gasteiger charge is 2.35. The third-order valence-corrected chi connectivity index (χ3v) is 4.13. The largest absolute Gasteiger partial charge is 0.342 e. The van der Waals surface area contributed by atoms with E-state index < -0.39 is 0 Å². The average Bonchev–Trinajstić information content (AvgIpc) is 2.81. The molecule has 1 amide bonds. The van der Waals surface area contributed by atoms with Crippen LogP contribution in [0.15, 0.2) is 30.3 Å². The van der Waals surface area contributed by atoms with Crippen molar-refractivity contribution in [1.29, 1.82) is 0 Å². The summed E-state index contributed by atoms with van der Waals surface area (Å²) in [5.74, 6) is 0.214. The second kappa shape index (κ2) is 7.65. The van der Waals surface area contributed by atoms with Gasteiger partial charge in [-0.2, -0.15) is 0 Å². The molecule has 0 radical (unpaired) electrons. The molecule has 3 nitrogen and oxygen atoms in total. The Kier molecular flexibility index (Phi) is 6.50. The molecule has 1 saturated heterocycles. The van der Waals surface area contributed by atoms with Gasteiger partial charge in [0.1, 0.15) is 0 Å². The molecule has 2 rings (SSSR count). The monoisotopic (exact) mass is 296 g/mol. The number of halogens is 1. The number of nitrogens with zero attached hydrogens (tertiary/aromatic N) is 1. The number of rotatable bonds is 5. The molecule has 0 spiro atoms. The van der Waals surface area contributed by atoms with E-state index in [1.165, 1.54) is 5.56 Å². The van der Waals surface area contributed by atoms with Gasteiger partial charge in [0.25, 0.3) is 0 Å². The van der Waals surface area contributed by atoms with Gasteiger partial charge in [-0.3, -0.25) is 4.79 Å². The van der Waals surface area contributed by atoms with Crippen molar-refractivity contribution in [2.24, 2.45) is 11.1 Å². The zero-order valence-corrected chi connectivity index (χ0v) is 13.0. The molecule has 1 heterocycles. The summed E-state index contributed by atoms with van der Waals surface area (Å²) in [6.07, 6.45) is 3.82. The summed E-state index contributed by atoms with van der Waals surface area (Å²) < 4.78 is 0. The van der Waals surface area contributed by atoms with Crippen molar-refractivity contribution in [2.75, 3.05) is 19.6 Å². The third kappa shape index (κ3) is 4.50. The molecule has 4 heteroatoms. The smallest absolute Gasteiger partial charge is 0.223 e. The van der Waals surface area contributed by atoms with Crippen molar-refractivity contribution in [3.8, 4) is 0 Å². The Labute approximate surface area is 127 Å². The van der Waals surface area contributed by atoms with Crippen LogP contribution < -0.4 is 5.73 Å². The fourth-order valence-electron chi connectivity index (χ4n) is 2.81. The summed E-state index contributed by atoms with van der Waals surface area (Å²) in [6, 6.07) is 10.6. The van der Waals surface area contributed by atoms with Gasteiger partial charge in [0.05, 0.1) is 0 Å². The molecular formula is C16H25ClN2O. The van der Waals surface area contributed by atoms with Crippen molar-refractivity contribution in [1.82, 2.24) is 4.90 Å². The standard InChI is InChI=1S/C16H24N2O.ClH/c1-16(9-7-14-5-3-2-4-6-14)10-12-18(13-16)15(19)8-11-17;/h2-6H,7-13,17H2,1H3;1H. The maximum Gasteiger partial charge on any atom is 0.223 e. The highest BCUT2D eigenvalue weighted by Crippen LogP contribution is 2.34. The van der Waals surface area contributed by atoms with Crippen LogP contribution in [0.1, 0.15) is 31.7 Å². The van der Waals surface area contributed by atoms with Gasteiger partial charge < -0.3 is 10.6 Å². The minimum Gasteiger partial charge on any atom is -0.342 e. The molecule has 1 aromatic carbocycles. The fraction of sp³-hybridized carbons (Fsp3) is 0.562. The highest BCUT2D eigenvalue weighted by atomic mass is 35.5. The predicted molar refractivity (Wildman–Crippen MR) is 85.0 cm³/mol. The van der Waals surface area contributed by atoms with Gasteiger partial charge in [-0.15, -0.1) is 12.4 Å². The lowest BCUT2D eigenvalue weighted by molar-refractivity contribution is -0.130. The van der Waals surface area contributed by atoms with Crippen LogP contribution in [-0.2, 0) is 11.2 Å². The van der Waals surface area contributed by atoms with Crippen molar-refractivity contribution < 1.29 is 4.79 Å². The molecule has 112 valence electrons. The first-order valence-electron chi connectivity index (χ1n) is 7.15. The van der Waals surface area contributed by atoms with E-state index in [0.29, 0.717) is 13.0 Å². The molecule has 0 aliphatic carbocycles. The van der Waals surface area contributed by atoms with E-state index in [1.807, 2.05) is 11.0 Å². The first-order chi connectivity index (χ1) is 9.13. The molecule has 2 N–H and O–H groups in total. The molecule has 1 aliphatic heterocycles. The van der Waals surface area contributed by atoms with Crippen molar-refractivity contribution in [3.05, 3.63) is 35.9 Å². The zero-order valence-electron chi connectivity index (χ0n) is 12.2. The molecule has 1 fully saturated rings. The van der Waals surface area contributed by atoms with Crippen LogP contribution in [0.2, 0.25) is 0 Å². The SMILES string of the molecule is CC1(CCc2ccccc2)CCN(C(=O)CCN)C1.Cl. The first-order valence-corrected chi connectivity index (χ1v) is 7.15. The number of hydrogen-bond acceptors (Lipinski definition) is 2. The van der Waals surface area contributed by atoms with Gasteiger partial charge in [0.2, 0.25) is 5.91 Å². The molecule has 0 bridgehead atoms. The molecule has 1 atom stereocenters. The first kappa shape index (κ1) is 17.0. The number of carbonyl (C=O) groups is 1. The number of amides is 1. The number of likely N-dealkylation sites (tertiary alicyclic amines) is 1. The van der Waals surface area contributed by atoms with Crippen molar-refractivity contribution in [3.63, 3.8) is 0 Å². The molecular weight excluding hydrogens is 272 g/mol.